The maximum Gasteiger partial charge on any atom is 0.122 e. The predicted molar refractivity (Wildman–Crippen MR) is 68.6 cm³/mol. The summed E-state index contributed by atoms with van der Waals surface area (Å²) in [5.74, 6) is 1.10. The minimum Gasteiger partial charge on any atom is -0.396 e. The molecular formula is C13H22O2S. The van der Waals surface area contributed by atoms with Crippen molar-refractivity contribution < 1.29 is 9.84 Å². The highest BCUT2D eigenvalue weighted by molar-refractivity contribution is 8.00. The van der Waals surface area contributed by atoms with Gasteiger partial charge in [0, 0.05) is 17.8 Å². The number of allylic oxidation sites excluding steroid dienone is 1. The van der Waals surface area contributed by atoms with Crippen molar-refractivity contribution in [3.8, 4) is 0 Å². The molecular weight excluding hydrogens is 220 g/mol. The first kappa shape index (κ1) is 12.5. The van der Waals surface area contributed by atoms with Crippen LogP contribution in [-0.4, -0.2) is 29.0 Å². The lowest BCUT2D eigenvalue weighted by Crippen LogP contribution is -2.48. The first-order valence-electron chi connectivity index (χ1n) is 6.23. The summed E-state index contributed by atoms with van der Waals surface area (Å²) >= 11 is 1.96. The van der Waals surface area contributed by atoms with Gasteiger partial charge >= 0.3 is 0 Å². The summed E-state index contributed by atoms with van der Waals surface area (Å²) in [5, 5.41) is 9.35. The van der Waals surface area contributed by atoms with Crippen molar-refractivity contribution in [2.45, 2.75) is 44.5 Å². The molecule has 0 amide bonds. The summed E-state index contributed by atoms with van der Waals surface area (Å²) in [4.78, 5) is -0.0597. The summed E-state index contributed by atoms with van der Waals surface area (Å²) in [5.41, 5.74) is 1.50. The van der Waals surface area contributed by atoms with Crippen LogP contribution in [0.4, 0.5) is 0 Å². The average molecular weight is 242 g/mol. The topological polar surface area (TPSA) is 29.5 Å². The normalized spacial score (nSPS) is 42.1. The Balaban J connectivity index is 2.34. The summed E-state index contributed by atoms with van der Waals surface area (Å²) in [6.45, 7) is 5.50. The molecule has 16 heavy (non-hydrogen) atoms. The van der Waals surface area contributed by atoms with Gasteiger partial charge in [-0.15, -0.1) is 11.8 Å². The Morgan fingerprint density at radius 1 is 1.56 bits per heavy atom. The van der Waals surface area contributed by atoms with E-state index in [1.807, 2.05) is 11.8 Å². The summed E-state index contributed by atoms with van der Waals surface area (Å²) in [6, 6.07) is 0. The molecule has 2 fully saturated rings. The van der Waals surface area contributed by atoms with Crippen LogP contribution in [-0.2, 0) is 4.74 Å². The van der Waals surface area contributed by atoms with Crippen molar-refractivity contribution in [2.24, 2.45) is 5.41 Å². The molecule has 1 aliphatic carbocycles. The van der Waals surface area contributed by atoms with Crippen LogP contribution < -0.4 is 0 Å². The van der Waals surface area contributed by atoms with Crippen LogP contribution in [0, 0.1) is 5.41 Å². The summed E-state index contributed by atoms with van der Waals surface area (Å²) < 4.78 is 6.09. The molecule has 0 unspecified atom stereocenters. The zero-order valence-corrected chi connectivity index (χ0v) is 11.1. The fraction of sp³-hybridized carbons (Fsp3) is 0.846. The molecule has 2 atom stereocenters. The van der Waals surface area contributed by atoms with E-state index in [2.05, 4.69) is 19.9 Å². The maximum atomic E-state index is 9.35. The van der Waals surface area contributed by atoms with E-state index >= 15 is 0 Å². The first-order valence-corrected chi connectivity index (χ1v) is 7.21. The summed E-state index contributed by atoms with van der Waals surface area (Å²) in [7, 11) is 0. The van der Waals surface area contributed by atoms with E-state index in [-0.39, 0.29) is 17.0 Å². The van der Waals surface area contributed by atoms with Crippen molar-refractivity contribution in [1.29, 1.82) is 0 Å². The molecule has 92 valence electrons. The van der Waals surface area contributed by atoms with E-state index in [4.69, 9.17) is 4.74 Å². The third-order valence-electron chi connectivity index (χ3n) is 4.22. The molecule has 1 saturated carbocycles. The standard InChI is InChI=1S/C13H22O2S/c1-3-11-5-4-6-13(15-9-10-16-13)12(11,2)7-8-14/h3,14H,4-10H2,1-2H3/b11-3+/t12-,13+/m1/s1. The smallest absolute Gasteiger partial charge is 0.122 e. The van der Waals surface area contributed by atoms with Gasteiger partial charge in [-0.05, 0) is 32.6 Å². The second-order valence-electron chi connectivity index (χ2n) is 4.92. The number of rotatable bonds is 2. The summed E-state index contributed by atoms with van der Waals surface area (Å²) in [6.07, 6.45) is 6.57. The molecule has 0 aromatic heterocycles. The van der Waals surface area contributed by atoms with Crippen LogP contribution in [0.15, 0.2) is 11.6 Å². The second kappa shape index (κ2) is 4.71. The minimum atomic E-state index is -0.0597. The molecule has 2 nitrogen and oxygen atoms in total. The van der Waals surface area contributed by atoms with Gasteiger partial charge < -0.3 is 9.84 Å². The fourth-order valence-corrected chi connectivity index (χ4v) is 4.77. The van der Waals surface area contributed by atoms with Gasteiger partial charge in [-0.1, -0.05) is 18.6 Å². The van der Waals surface area contributed by atoms with Crippen LogP contribution in [0.3, 0.4) is 0 Å². The Morgan fingerprint density at radius 3 is 2.94 bits per heavy atom. The molecule has 1 N–H and O–H groups in total. The minimum absolute atomic E-state index is 0.0237. The van der Waals surface area contributed by atoms with Crippen LogP contribution in [0.25, 0.3) is 0 Å². The molecule has 0 aromatic rings. The zero-order chi connectivity index (χ0) is 11.6. The Kier molecular flexibility index (Phi) is 3.67. The van der Waals surface area contributed by atoms with Crippen molar-refractivity contribution in [3.05, 3.63) is 11.6 Å². The van der Waals surface area contributed by atoms with E-state index in [1.165, 1.54) is 18.4 Å². The van der Waals surface area contributed by atoms with Crippen LogP contribution >= 0.6 is 11.8 Å². The van der Waals surface area contributed by atoms with Gasteiger partial charge in [0.25, 0.3) is 0 Å². The van der Waals surface area contributed by atoms with Gasteiger partial charge in [-0.25, -0.2) is 0 Å². The third kappa shape index (κ3) is 1.73. The number of ether oxygens (including phenoxy) is 1. The Labute approximate surface area is 102 Å². The van der Waals surface area contributed by atoms with Gasteiger partial charge in [0.05, 0.1) is 6.61 Å². The van der Waals surface area contributed by atoms with Gasteiger partial charge in [0.15, 0.2) is 0 Å². The zero-order valence-electron chi connectivity index (χ0n) is 10.3. The lowest BCUT2D eigenvalue weighted by molar-refractivity contribution is -0.0537. The van der Waals surface area contributed by atoms with Gasteiger partial charge in [-0.2, -0.15) is 0 Å². The molecule has 0 aromatic carbocycles. The van der Waals surface area contributed by atoms with Crippen LogP contribution in [0.5, 0.6) is 0 Å². The average Bonchev–Trinajstić information content (AvgIpc) is 2.73. The van der Waals surface area contributed by atoms with E-state index in [0.29, 0.717) is 0 Å². The Bertz CT molecular complexity index is 282. The van der Waals surface area contributed by atoms with Crippen LogP contribution in [0.1, 0.15) is 39.5 Å². The fourth-order valence-electron chi connectivity index (χ4n) is 3.26. The Morgan fingerprint density at radius 2 is 2.38 bits per heavy atom. The Hall–Kier alpha value is 0.01000. The number of hydrogen-bond donors (Lipinski definition) is 1. The number of hydrogen-bond acceptors (Lipinski definition) is 3. The SMILES string of the molecule is C/C=C1\CCC[C@@]2(OCCS2)[C@]1(C)CCO. The molecule has 1 heterocycles. The largest absolute Gasteiger partial charge is 0.396 e. The number of aliphatic hydroxyl groups is 1. The molecule has 2 aliphatic rings. The molecule has 3 heteroatoms. The molecule has 2 rings (SSSR count). The molecule has 1 spiro atoms. The molecule has 1 saturated heterocycles. The highest BCUT2D eigenvalue weighted by Gasteiger charge is 2.54. The second-order valence-corrected chi connectivity index (χ2v) is 6.28. The van der Waals surface area contributed by atoms with Gasteiger partial charge in [-0.3, -0.25) is 0 Å². The van der Waals surface area contributed by atoms with Crippen molar-refractivity contribution in [1.82, 2.24) is 0 Å². The maximum absolute atomic E-state index is 9.35. The van der Waals surface area contributed by atoms with E-state index < -0.39 is 0 Å². The lowest BCUT2D eigenvalue weighted by atomic mass is 9.67. The van der Waals surface area contributed by atoms with Crippen molar-refractivity contribution in [3.63, 3.8) is 0 Å². The predicted octanol–water partition coefficient (Wildman–Crippen LogP) is 2.97. The molecule has 0 bridgehead atoms. The van der Waals surface area contributed by atoms with E-state index in [0.717, 1.165) is 25.2 Å². The highest BCUT2D eigenvalue weighted by atomic mass is 32.2. The van der Waals surface area contributed by atoms with E-state index in [1.54, 1.807) is 0 Å². The van der Waals surface area contributed by atoms with Gasteiger partial charge in [0.1, 0.15) is 4.93 Å². The third-order valence-corrected chi connectivity index (χ3v) is 5.83. The first-order chi connectivity index (χ1) is 7.68. The highest BCUT2D eigenvalue weighted by Crippen LogP contribution is 2.59. The lowest BCUT2D eigenvalue weighted by Gasteiger charge is -2.50. The molecule has 1 aliphatic heterocycles. The quantitative estimate of drug-likeness (QED) is 0.755. The van der Waals surface area contributed by atoms with E-state index in [9.17, 15) is 5.11 Å². The van der Waals surface area contributed by atoms with Crippen molar-refractivity contribution >= 4 is 11.8 Å². The number of thioether (sulfide) groups is 1. The van der Waals surface area contributed by atoms with Crippen molar-refractivity contribution in [2.75, 3.05) is 19.0 Å². The van der Waals surface area contributed by atoms with Crippen LogP contribution in [0.2, 0.25) is 0 Å². The number of aliphatic hydroxyl groups excluding tert-OH is 1. The monoisotopic (exact) mass is 242 g/mol. The molecule has 0 radical (unpaired) electrons. The van der Waals surface area contributed by atoms with Gasteiger partial charge in [0.2, 0.25) is 0 Å².